The molecule has 0 saturated carbocycles. The van der Waals surface area contributed by atoms with E-state index in [0.29, 0.717) is 0 Å². The highest BCUT2D eigenvalue weighted by Crippen LogP contribution is 2.25. The number of carbonyl (C=O) groups is 1. The number of likely N-dealkylation sites (N-methyl/N-ethyl adjacent to an activating group) is 1. The van der Waals surface area contributed by atoms with Crippen LogP contribution < -0.4 is 5.32 Å². The number of thioether (sulfide) groups is 1. The zero-order chi connectivity index (χ0) is 19.2. The molecule has 3 aromatic rings. The SMILES string of the molecule is CNC(=O)/C(C#N)=C\c1cn(CCSc2ccc(Cl)cc2)c2ccccc12. The number of carbonyl (C=O) groups excluding carboxylic acids is 1. The molecule has 1 N–H and O–H groups in total. The number of aromatic nitrogens is 1. The fraction of sp³-hybridized carbons (Fsp3) is 0.143. The molecule has 0 unspecified atom stereocenters. The number of halogens is 1. The number of hydrogen-bond donors (Lipinski definition) is 1. The van der Waals surface area contributed by atoms with Gasteiger partial charge in [0.25, 0.3) is 5.91 Å². The number of fused-ring (bicyclic) bond motifs is 1. The summed E-state index contributed by atoms with van der Waals surface area (Å²) in [5, 5.41) is 13.5. The Morgan fingerprint density at radius 3 is 2.70 bits per heavy atom. The fourth-order valence-corrected chi connectivity index (χ4v) is 3.78. The van der Waals surface area contributed by atoms with E-state index < -0.39 is 0 Å². The largest absolute Gasteiger partial charge is 0.354 e. The Bertz CT molecular complexity index is 1030. The summed E-state index contributed by atoms with van der Waals surface area (Å²) in [6.45, 7) is 0.809. The highest BCUT2D eigenvalue weighted by molar-refractivity contribution is 7.99. The molecule has 0 atom stereocenters. The van der Waals surface area contributed by atoms with Crippen molar-refractivity contribution in [2.45, 2.75) is 11.4 Å². The Balaban J connectivity index is 1.84. The third-order valence-corrected chi connectivity index (χ3v) is 5.37. The number of rotatable bonds is 6. The molecular formula is C21H18ClN3OS. The minimum atomic E-state index is -0.382. The van der Waals surface area contributed by atoms with Crippen LogP contribution in [0.2, 0.25) is 5.02 Å². The summed E-state index contributed by atoms with van der Waals surface area (Å²) in [4.78, 5) is 13.0. The van der Waals surface area contributed by atoms with Gasteiger partial charge in [-0.2, -0.15) is 5.26 Å². The summed E-state index contributed by atoms with van der Waals surface area (Å²) in [5.74, 6) is 0.511. The van der Waals surface area contributed by atoms with Gasteiger partial charge < -0.3 is 9.88 Å². The molecule has 0 aliphatic heterocycles. The second-order valence-corrected chi connectivity index (χ2v) is 7.45. The van der Waals surface area contributed by atoms with Crippen LogP contribution in [-0.4, -0.2) is 23.3 Å². The quantitative estimate of drug-likeness (QED) is 0.372. The molecule has 1 amide bonds. The first-order valence-electron chi connectivity index (χ1n) is 8.42. The summed E-state index contributed by atoms with van der Waals surface area (Å²) in [7, 11) is 1.52. The zero-order valence-corrected chi connectivity index (χ0v) is 16.3. The van der Waals surface area contributed by atoms with Crippen LogP contribution in [0.4, 0.5) is 0 Å². The first-order chi connectivity index (χ1) is 13.1. The number of amides is 1. The van der Waals surface area contributed by atoms with Crippen molar-refractivity contribution in [3.63, 3.8) is 0 Å². The zero-order valence-electron chi connectivity index (χ0n) is 14.8. The van der Waals surface area contributed by atoms with Gasteiger partial charge in [0.15, 0.2) is 0 Å². The third-order valence-electron chi connectivity index (χ3n) is 4.13. The second-order valence-electron chi connectivity index (χ2n) is 5.85. The van der Waals surface area contributed by atoms with E-state index in [0.717, 1.165) is 33.8 Å². The Hall–Kier alpha value is -2.68. The van der Waals surface area contributed by atoms with Crippen molar-refractivity contribution in [3.8, 4) is 6.07 Å². The number of para-hydroxylation sites is 1. The van der Waals surface area contributed by atoms with E-state index >= 15 is 0 Å². The number of nitriles is 1. The monoisotopic (exact) mass is 395 g/mol. The molecule has 27 heavy (non-hydrogen) atoms. The lowest BCUT2D eigenvalue weighted by atomic mass is 10.1. The van der Waals surface area contributed by atoms with Gasteiger partial charge in [-0.1, -0.05) is 29.8 Å². The van der Waals surface area contributed by atoms with Crippen molar-refractivity contribution in [1.29, 1.82) is 5.26 Å². The first kappa shape index (κ1) is 19.1. The van der Waals surface area contributed by atoms with Gasteiger partial charge >= 0.3 is 0 Å². The maximum absolute atomic E-state index is 11.8. The number of hydrogen-bond acceptors (Lipinski definition) is 3. The van der Waals surface area contributed by atoms with Gasteiger partial charge in [-0.05, 0) is 36.4 Å². The highest BCUT2D eigenvalue weighted by Gasteiger charge is 2.11. The van der Waals surface area contributed by atoms with Crippen LogP contribution in [0.25, 0.3) is 17.0 Å². The van der Waals surface area contributed by atoms with Gasteiger partial charge in [0.2, 0.25) is 0 Å². The van der Waals surface area contributed by atoms with Crippen LogP contribution in [0.15, 0.2) is 65.2 Å². The maximum atomic E-state index is 11.8. The van der Waals surface area contributed by atoms with E-state index in [1.807, 2.05) is 60.8 Å². The molecule has 6 heteroatoms. The first-order valence-corrected chi connectivity index (χ1v) is 9.79. The van der Waals surface area contributed by atoms with Crippen molar-refractivity contribution in [1.82, 2.24) is 9.88 Å². The van der Waals surface area contributed by atoms with Crippen molar-refractivity contribution < 1.29 is 4.79 Å². The third kappa shape index (κ3) is 4.54. The summed E-state index contributed by atoms with van der Waals surface area (Å²) < 4.78 is 2.16. The molecule has 136 valence electrons. The van der Waals surface area contributed by atoms with Gasteiger partial charge in [0, 0.05) is 51.9 Å². The molecule has 0 spiro atoms. The summed E-state index contributed by atoms with van der Waals surface area (Å²) >= 11 is 7.68. The number of nitrogens with one attached hydrogen (secondary N) is 1. The smallest absolute Gasteiger partial charge is 0.261 e. The minimum absolute atomic E-state index is 0.0935. The van der Waals surface area contributed by atoms with E-state index in [1.54, 1.807) is 17.8 Å². The molecule has 0 bridgehead atoms. The van der Waals surface area contributed by atoms with Crippen LogP contribution in [0.5, 0.6) is 0 Å². The van der Waals surface area contributed by atoms with Crippen molar-refractivity contribution >= 4 is 46.2 Å². The molecule has 0 saturated heterocycles. The van der Waals surface area contributed by atoms with Crippen molar-refractivity contribution in [2.75, 3.05) is 12.8 Å². The molecular weight excluding hydrogens is 378 g/mol. The molecule has 3 rings (SSSR count). The van der Waals surface area contributed by atoms with E-state index in [1.165, 1.54) is 11.9 Å². The van der Waals surface area contributed by atoms with Crippen LogP contribution in [0.3, 0.4) is 0 Å². The summed E-state index contributed by atoms with van der Waals surface area (Å²) in [5.41, 5.74) is 2.04. The molecule has 1 heterocycles. The van der Waals surface area contributed by atoms with Crippen molar-refractivity contribution in [2.24, 2.45) is 0 Å². The van der Waals surface area contributed by atoms with Gasteiger partial charge in [0.1, 0.15) is 11.6 Å². The molecule has 0 aliphatic carbocycles. The number of nitrogens with zero attached hydrogens (tertiary/aromatic N) is 2. The predicted molar refractivity (Wildman–Crippen MR) is 112 cm³/mol. The van der Waals surface area contributed by atoms with Gasteiger partial charge in [-0.15, -0.1) is 11.8 Å². The Labute approximate surface area is 167 Å². The molecule has 2 aromatic carbocycles. The summed E-state index contributed by atoms with van der Waals surface area (Å²) in [6.07, 6.45) is 3.64. The number of aryl methyl sites for hydroxylation is 1. The van der Waals surface area contributed by atoms with Crippen LogP contribution in [0.1, 0.15) is 5.56 Å². The Kier molecular flexibility index (Phi) is 6.23. The summed E-state index contributed by atoms with van der Waals surface area (Å²) in [6, 6.07) is 17.8. The molecule has 0 aliphatic rings. The van der Waals surface area contributed by atoms with Gasteiger partial charge in [0.05, 0.1) is 0 Å². The normalized spacial score (nSPS) is 11.4. The van der Waals surface area contributed by atoms with Crippen molar-refractivity contribution in [3.05, 3.63) is 70.9 Å². The Morgan fingerprint density at radius 2 is 2.00 bits per heavy atom. The lowest BCUT2D eigenvalue weighted by Gasteiger charge is -2.05. The predicted octanol–water partition coefficient (Wildman–Crippen LogP) is 4.74. The van der Waals surface area contributed by atoms with Crippen LogP contribution >= 0.6 is 23.4 Å². The van der Waals surface area contributed by atoms with Crippen LogP contribution in [0, 0.1) is 11.3 Å². The van der Waals surface area contributed by atoms with E-state index in [4.69, 9.17) is 11.6 Å². The fourth-order valence-electron chi connectivity index (χ4n) is 2.81. The topological polar surface area (TPSA) is 57.8 Å². The Morgan fingerprint density at radius 1 is 1.26 bits per heavy atom. The number of benzene rings is 2. The van der Waals surface area contributed by atoms with Gasteiger partial charge in [-0.3, -0.25) is 4.79 Å². The van der Waals surface area contributed by atoms with Crippen LogP contribution in [-0.2, 0) is 11.3 Å². The standard InChI is InChI=1S/C21H18ClN3OS/c1-24-21(26)15(13-23)12-16-14-25(20-5-3-2-4-19(16)20)10-11-27-18-8-6-17(22)7-9-18/h2-9,12,14H,10-11H2,1H3,(H,24,26)/b15-12-. The average Bonchev–Trinajstić information content (AvgIpc) is 3.05. The molecule has 4 nitrogen and oxygen atoms in total. The average molecular weight is 396 g/mol. The maximum Gasteiger partial charge on any atom is 0.261 e. The molecule has 0 radical (unpaired) electrons. The highest BCUT2D eigenvalue weighted by atomic mass is 35.5. The molecule has 1 aromatic heterocycles. The van der Waals surface area contributed by atoms with Gasteiger partial charge in [-0.25, -0.2) is 0 Å². The van der Waals surface area contributed by atoms with E-state index in [9.17, 15) is 10.1 Å². The second kappa shape index (κ2) is 8.81. The van der Waals surface area contributed by atoms with E-state index in [2.05, 4.69) is 9.88 Å². The lowest BCUT2D eigenvalue weighted by Crippen LogP contribution is -2.19. The minimum Gasteiger partial charge on any atom is -0.354 e. The van der Waals surface area contributed by atoms with E-state index in [-0.39, 0.29) is 11.5 Å². The lowest BCUT2D eigenvalue weighted by molar-refractivity contribution is -0.116. The molecule has 0 fully saturated rings.